The quantitative estimate of drug-likeness (QED) is 0.828. The molecule has 0 fully saturated rings. The molecule has 0 aliphatic rings. The van der Waals surface area contributed by atoms with Gasteiger partial charge in [-0.1, -0.05) is 0 Å². The van der Waals surface area contributed by atoms with Gasteiger partial charge in [0.05, 0.1) is 11.3 Å². The Bertz CT molecular complexity index is 608. The number of hydrogen-bond acceptors (Lipinski definition) is 5. The van der Waals surface area contributed by atoms with Crippen molar-refractivity contribution in [2.75, 3.05) is 6.54 Å². The van der Waals surface area contributed by atoms with E-state index in [2.05, 4.69) is 15.4 Å². The van der Waals surface area contributed by atoms with Crippen molar-refractivity contribution in [3.63, 3.8) is 0 Å². The molecule has 1 aromatic carbocycles. The van der Waals surface area contributed by atoms with Crippen molar-refractivity contribution in [3.05, 3.63) is 42.5 Å². The summed E-state index contributed by atoms with van der Waals surface area (Å²) in [6.07, 6.45) is 2.16. The van der Waals surface area contributed by atoms with Gasteiger partial charge in [-0.3, -0.25) is 4.79 Å². The molecule has 7 heteroatoms. The Hall–Kier alpha value is -2.70. The van der Waals surface area contributed by atoms with Crippen molar-refractivity contribution in [2.45, 2.75) is 20.0 Å². The predicted molar refractivity (Wildman–Crippen MR) is 74.9 cm³/mol. The zero-order valence-corrected chi connectivity index (χ0v) is 11.8. The number of hydrogen-bond donors (Lipinski definition) is 1. The number of ether oxygens (including phenoxy) is 1. The van der Waals surface area contributed by atoms with Gasteiger partial charge in [-0.05, 0) is 38.1 Å². The van der Waals surface area contributed by atoms with E-state index >= 15 is 0 Å². The van der Waals surface area contributed by atoms with Crippen molar-refractivity contribution in [1.29, 1.82) is 0 Å². The van der Waals surface area contributed by atoms with Crippen LogP contribution in [0.15, 0.2) is 36.9 Å². The number of esters is 1. The molecule has 1 heterocycles. The lowest BCUT2D eigenvalue weighted by molar-refractivity contribution is -0.128. The van der Waals surface area contributed by atoms with Gasteiger partial charge in [0.15, 0.2) is 6.10 Å². The average molecular weight is 288 g/mol. The van der Waals surface area contributed by atoms with Gasteiger partial charge in [0, 0.05) is 6.54 Å². The highest BCUT2D eigenvalue weighted by atomic mass is 16.5. The maximum Gasteiger partial charge on any atom is 0.338 e. The highest BCUT2D eigenvalue weighted by molar-refractivity contribution is 5.92. The molecule has 0 spiro atoms. The van der Waals surface area contributed by atoms with Crippen LogP contribution in [0.3, 0.4) is 0 Å². The van der Waals surface area contributed by atoms with Crippen molar-refractivity contribution < 1.29 is 14.3 Å². The van der Waals surface area contributed by atoms with Gasteiger partial charge in [0.25, 0.3) is 5.91 Å². The molecule has 0 saturated carbocycles. The first-order chi connectivity index (χ1) is 10.1. The Morgan fingerprint density at radius 2 is 2.05 bits per heavy atom. The van der Waals surface area contributed by atoms with E-state index in [9.17, 15) is 9.59 Å². The zero-order chi connectivity index (χ0) is 15.2. The van der Waals surface area contributed by atoms with Crippen LogP contribution in [0.4, 0.5) is 0 Å². The van der Waals surface area contributed by atoms with Gasteiger partial charge in [0.2, 0.25) is 0 Å². The Morgan fingerprint density at radius 1 is 1.33 bits per heavy atom. The molecular weight excluding hydrogens is 272 g/mol. The third-order valence-corrected chi connectivity index (χ3v) is 2.79. The summed E-state index contributed by atoms with van der Waals surface area (Å²) < 4.78 is 6.67. The molecular formula is C14H16N4O3. The minimum atomic E-state index is -0.826. The van der Waals surface area contributed by atoms with Crippen molar-refractivity contribution in [2.24, 2.45) is 0 Å². The SMILES string of the molecule is CCNC(=O)[C@@H](C)OC(=O)c1ccc(-n2cncn2)cc1. The van der Waals surface area contributed by atoms with Crippen LogP contribution in [0.2, 0.25) is 0 Å². The molecule has 21 heavy (non-hydrogen) atoms. The number of benzene rings is 1. The molecule has 0 unspecified atom stereocenters. The number of carbonyl (C=O) groups is 2. The number of rotatable bonds is 5. The van der Waals surface area contributed by atoms with Gasteiger partial charge >= 0.3 is 5.97 Å². The predicted octanol–water partition coefficient (Wildman–Crippen LogP) is 0.949. The Labute approximate surface area is 121 Å². The van der Waals surface area contributed by atoms with Gasteiger partial charge in [-0.2, -0.15) is 5.10 Å². The Balaban J connectivity index is 2.02. The van der Waals surface area contributed by atoms with Crippen LogP contribution in [-0.2, 0) is 9.53 Å². The minimum Gasteiger partial charge on any atom is -0.449 e. The maximum absolute atomic E-state index is 11.9. The lowest BCUT2D eigenvalue weighted by Crippen LogP contribution is -2.35. The van der Waals surface area contributed by atoms with E-state index in [1.807, 2.05) is 0 Å². The first kappa shape index (κ1) is 14.7. The number of carbonyl (C=O) groups excluding carboxylic acids is 2. The van der Waals surface area contributed by atoms with Crippen LogP contribution in [-0.4, -0.2) is 39.3 Å². The number of nitrogens with one attached hydrogen (secondary N) is 1. The second-order valence-electron chi connectivity index (χ2n) is 4.33. The molecule has 1 amide bonds. The maximum atomic E-state index is 11.9. The van der Waals surface area contributed by atoms with Crippen LogP contribution < -0.4 is 5.32 Å². The van der Waals surface area contributed by atoms with E-state index in [-0.39, 0.29) is 5.91 Å². The molecule has 1 atom stereocenters. The Kier molecular flexibility index (Phi) is 4.65. The lowest BCUT2D eigenvalue weighted by atomic mass is 10.2. The molecule has 1 aromatic heterocycles. The van der Waals surface area contributed by atoms with Gasteiger partial charge in [0.1, 0.15) is 12.7 Å². The third kappa shape index (κ3) is 3.65. The zero-order valence-electron chi connectivity index (χ0n) is 11.8. The second-order valence-corrected chi connectivity index (χ2v) is 4.33. The summed E-state index contributed by atoms with van der Waals surface area (Å²) in [5, 5.41) is 6.58. The van der Waals surface area contributed by atoms with Crippen LogP contribution in [0, 0.1) is 0 Å². The summed E-state index contributed by atoms with van der Waals surface area (Å²) in [5.74, 6) is -0.857. The van der Waals surface area contributed by atoms with Crippen LogP contribution in [0.5, 0.6) is 0 Å². The number of likely N-dealkylation sites (N-methyl/N-ethyl adjacent to an activating group) is 1. The molecule has 0 bridgehead atoms. The lowest BCUT2D eigenvalue weighted by Gasteiger charge is -2.12. The van der Waals surface area contributed by atoms with Crippen LogP contribution >= 0.6 is 0 Å². The first-order valence-corrected chi connectivity index (χ1v) is 6.55. The molecule has 2 aromatic rings. The smallest absolute Gasteiger partial charge is 0.338 e. The number of aromatic nitrogens is 3. The third-order valence-electron chi connectivity index (χ3n) is 2.79. The minimum absolute atomic E-state index is 0.315. The van der Waals surface area contributed by atoms with E-state index in [1.54, 1.807) is 42.2 Å². The van der Waals surface area contributed by atoms with E-state index in [0.717, 1.165) is 5.69 Å². The number of amides is 1. The second kappa shape index (κ2) is 6.65. The largest absolute Gasteiger partial charge is 0.449 e. The fourth-order valence-corrected chi connectivity index (χ4v) is 1.69. The fourth-order valence-electron chi connectivity index (χ4n) is 1.69. The molecule has 110 valence electrons. The van der Waals surface area contributed by atoms with E-state index < -0.39 is 12.1 Å². The summed E-state index contributed by atoms with van der Waals surface area (Å²) in [7, 11) is 0. The van der Waals surface area contributed by atoms with Crippen molar-refractivity contribution >= 4 is 11.9 Å². The van der Waals surface area contributed by atoms with Crippen LogP contribution in [0.1, 0.15) is 24.2 Å². The molecule has 0 saturated heterocycles. The topological polar surface area (TPSA) is 86.1 Å². The molecule has 0 radical (unpaired) electrons. The van der Waals surface area contributed by atoms with E-state index in [4.69, 9.17) is 4.74 Å². The molecule has 7 nitrogen and oxygen atoms in total. The summed E-state index contributed by atoms with van der Waals surface area (Å²) >= 11 is 0. The normalized spacial score (nSPS) is 11.7. The number of nitrogens with zero attached hydrogens (tertiary/aromatic N) is 3. The summed E-state index contributed by atoms with van der Waals surface area (Å²) in [6.45, 7) is 3.83. The fraction of sp³-hybridized carbons (Fsp3) is 0.286. The van der Waals surface area contributed by atoms with E-state index in [0.29, 0.717) is 12.1 Å². The van der Waals surface area contributed by atoms with Crippen molar-refractivity contribution in [1.82, 2.24) is 20.1 Å². The van der Waals surface area contributed by atoms with Gasteiger partial charge in [-0.15, -0.1) is 0 Å². The van der Waals surface area contributed by atoms with Gasteiger partial charge in [-0.25, -0.2) is 14.5 Å². The summed E-state index contributed by atoms with van der Waals surface area (Å²) in [4.78, 5) is 27.3. The Morgan fingerprint density at radius 3 is 2.62 bits per heavy atom. The molecule has 1 N–H and O–H groups in total. The molecule has 0 aliphatic carbocycles. The highest BCUT2D eigenvalue weighted by Gasteiger charge is 2.18. The van der Waals surface area contributed by atoms with Crippen LogP contribution in [0.25, 0.3) is 5.69 Å². The summed E-state index contributed by atoms with van der Waals surface area (Å²) in [6, 6.07) is 6.68. The van der Waals surface area contributed by atoms with Gasteiger partial charge < -0.3 is 10.1 Å². The van der Waals surface area contributed by atoms with E-state index in [1.165, 1.54) is 13.3 Å². The first-order valence-electron chi connectivity index (χ1n) is 6.55. The monoisotopic (exact) mass is 288 g/mol. The molecule has 2 rings (SSSR count). The molecule has 0 aliphatic heterocycles. The van der Waals surface area contributed by atoms with Crippen molar-refractivity contribution in [3.8, 4) is 5.69 Å². The highest BCUT2D eigenvalue weighted by Crippen LogP contribution is 2.10. The summed E-state index contributed by atoms with van der Waals surface area (Å²) in [5.41, 5.74) is 1.15. The average Bonchev–Trinajstić information content (AvgIpc) is 3.01. The standard InChI is InChI=1S/C14H16N4O3/c1-3-16-13(19)10(2)21-14(20)11-4-6-12(7-5-11)18-9-15-8-17-18/h4-10H,3H2,1-2H3,(H,16,19)/t10-/m1/s1.